The quantitative estimate of drug-likeness (QED) is 0.829. The van der Waals surface area contributed by atoms with Gasteiger partial charge in [-0.3, -0.25) is 0 Å². The number of aryl methyl sites for hydroxylation is 1. The van der Waals surface area contributed by atoms with Crippen molar-refractivity contribution in [3.63, 3.8) is 0 Å². The smallest absolute Gasteiger partial charge is 0.197 e. The molecule has 2 N–H and O–H groups in total. The molecular formula is C12H20N2O. The third kappa shape index (κ3) is 2.23. The SMILES string of the molecule is CC(C)c1nc2c(o1)CCC(CCN)C2. The summed E-state index contributed by atoms with van der Waals surface area (Å²) >= 11 is 0. The molecule has 0 spiro atoms. The van der Waals surface area contributed by atoms with Gasteiger partial charge in [-0.2, -0.15) is 0 Å². The summed E-state index contributed by atoms with van der Waals surface area (Å²) in [5, 5.41) is 0. The predicted molar refractivity (Wildman–Crippen MR) is 59.8 cm³/mol. The third-order valence-corrected chi connectivity index (χ3v) is 3.13. The maximum atomic E-state index is 5.75. The van der Waals surface area contributed by atoms with E-state index in [0.29, 0.717) is 11.8 Å². The predicted octanol–water partition coefficient (Wildman–Crippen LogP) is 2.25. The Balaban J connectivity index is 2.12. The van der Waals surface area contributed by atoms with E-state index in [-0.39, 0.29) is 0 Å². The molecule has 84 valence electrons. The van der Waals surface area contributed by atoms with E-state index in [1.54, 1.807) is 0 Å². The van der Waals surface area contributed by atoms with Crippen LogP contribution < -0.4 is 5.73 Å². The van der Waals surface area contributed by atoms with E-state index < -0.39 is 0 Å². The van der Waals surface area contributed by atoms with Gasteiger partial charge in [-0.05, 0) is 31.7 Å². The van der Waals surface area contributed by atoms with Gasteiger partial charge in [-0.15, -0.1) is 0 Å². The Morgan fingerprint density at radius 2 is 2.33 bits per heavy atom. The molecule has 0 saturated heterocycles. The number of hydrogen-bond acceptors (Lipinski definition) is 3. The van der Waals surface area contributed by atoms with Gasteiger partial charge in [-0.1, -0.05) is 13.8 Å². The number of nitrogens with two attached hydrogens (primary N) is 1. The highest BCUT2D eigenvalue weighted by Crippen LogP contribution is 2.29. The van der Waals surface area contributed by atoms with Crippen LogP contribution in [0.25, 0.3) is 0 Å². The van der Waals surface area contributed by atoms with Gasteiger partial charge in [0.2, 0.25) is 0 Å². The first-order valence-corrected chi connectivity index (χ1v) is 5.89. The number of aromatic nitrogens is 1. The van der Waals surface area contributed by atoms with Crippen LogP contribution in [0.3, 0.4) is 0 Å². The average molecular weight is 208 g/mol. The largest absolute Gasteiger partial charge is 0.445 e. The Labute approximate surface area is 91.1 Å². The zero-order valence-electron chi connectivity index (χ0n) is 9.62. The van der Waals surface area contributed by atoms with Gasteiger partial charge in [0.25, 0.3) is 0 Å². The van der Waals surface area contributed by atoms with Gasteiger partial charge in [0.15, 0.2) is 5.89 Å². The van der Waals surface area contributed by atoms with Crippen LogP contribution in [0.2, 0.25) is 0 Å². The molecule has 2 rings (SSSR count). The Morgan fingerprint density at radius 3 is 3.00 bits per heavy atom. The molecule has 1 unspecified atom stereocenters. The molecule has 0 amide bonds. The molecule has 0 bridgehead atoms. The first kappa shape index (κ1) is 10.7. The van der Waals surface area contributed by atoms with Crippen LogP contribution in [0.1, 0.15) is 50.0 Å². The molecule has 0 aliphatic heterocycles. The van der Waals surface area contributed by atoms with Gasteiger partial charge in [0, 0.05) is 12.3 Å². The highest BCUT2D eigenvalue weighted by Gasteiger charge is 2.24. The molecule has 1 aliphatic carbocycles. The van der Waals surface area contributed by atoms with Crippen LogP contribution in [0, 0.1) is 5.92 Å². The maximum Gasteiger partial charge on any atom is 0.197 e. The molecule has 0 saturated carbocycles. The molecule has 0 aromatic carbocycles. The molecule has 1 heterocycles. The van der Waals surface area contributed by atoms with Crippen molar-refractivity contribution in [3.8, 4) is 0 Å². The van der Waals surface area contributed by atoms with Crippen molar-refractivity contribution in [1.82, 2.24) is 4.98 Å². The van der Waals surface area contributed by atoms with Crippen LogP contribution in [-0.2, 0) is 12.8 Å². The lowest BCUT2D eigenvalue weighted by Crippen LogP contribution is -2.17. The van der Waals surface area contributed by atoms with Gasteiger partial charge < -0.3 is 10.2 Å². The second-order valence-corrected chi connectivity index (χ2v) is 4.76. The standard InChI is InChI=1S/C12H20N2O/c1-8(2)12-14-10-7-9(5-6-13)3-4-11(10)15-12/h8-9H,3-7,13H2,1-2H3. The van der Waals surface area contributed by atoms with E-state index in [9.17, 15) is 0 Å². The molecule has 0 radical (unpaired) electrons. The Hall–Kier alpha value is -0.830. The minimum Gasteiger partial charge on any atom is -0.445 e. The number of hydrogen-bond donors (Lipinski definition) is 1. The Bertz CT molecular complexity index is 330. The van der Waals surface area contributed by atoms with Crippen molar-refractivity contribution in [1.29, 1.82) is 0 Å². The second-order valence-electron chi connectivity index (χ2n) is 4.76. The van der Waals surface area contributed by atoms with Crippen molar-refractivity contribution in [2.45, 2.75) is 45.4 Å². The summed E-state index contributed by atoms with van der Waals surface area (Å²) in [5.41, 5.74) is 6.77. The zero-order chi connectivity index (χ0) is 10.8. The first-order chi connectivity index (χ1) is 7.20. The minimum absolute atomic E-state index is 0.392. The summed E-state index contributed by atoms with van der Waals surface area (Å²) < 4.78 is 5.75. The summed E-state index contributed by atoms with van der Waals surface area (Å²) in [6.45, 7) is 5.03. The fourth-order valence-electron chi connectivity index (χ4n) is 2.20. The molecular weight excluding hydrogens is 188 g/mol. The second kappa shape index (κ2) is 4.35. The van der Waals surface area contributed by atoms with E-state index in [2.05, 4.69) is 18.8 Å². The Kier molecular flexibility index (Phi) is 3.10. The summed E-state index contributed by atoms with van der Waals surface area (Å²) in [5.74, 6) is 3.12. The number of oxazole rings is 1. The third-order valence-electron chi connectivity index (χ3n) is 3.13. The van der Waals surface area contributed by atoms with Gasteiger partial charge >= 0.3 is 0 Å². The highest BCUT2D eigenvalue weighted by atomic mass is 16.4. The zero-order valence-corrected chi connectivity index (χ0v) is 9.62. The monoisotopic (exact) mass is 208 g/mol. The van der Waals surface area contributed by atoms with Gasteiger partial charge in [0.05, 0.1) is 5.69 Å². The summed E-state index contributed by atoms with van der Waals surface area (Å²) in [7, 11) is 0. The molecule has 0 fully saturated rings. The van der Waals surface area contributed by atoms with Crippen LogP contribution in [-0.4, -0.2) is 11.5 Å². The van der Waals surface area contributed by atoms with Crippen molar-refractivity contribution in [2.75, 3.05) is 6.54 Å². The summed E-state index contributed by atoms with van der Waals surface area (Å²) in [6, 6.07) is 0. The van der Waals surface area contributed by atoms with Crippen LogP contribution >= 0.6 is 0 Å². The summed E-state index contributed by atoms with van der Waals surface area (Å²) in [4.78, 5) is 4.58. The molecule has 15 heavy (non-hydrogen) atoms. The van der Waals surface area contributed by atoms with E-state index >= 15 is 0 Å². The Morgan fingerprint density at radius 1 is 1.53 bits per heavy atom. The number of nitrogens with zero attached hydrogens (tertiary/aromatic N) is 1. The molecule has 1 aromatic heterocycles. The van der Waals surface area contributed by atoms with Gasteiger partial charge in [-0.25, -0.2) is 4.98 Å². The lowest BCUT2D eigenvalue weighted by atomic mass is 9.88. The first-order valence-electron chi connectivity index (χ1n) is 5.89. The van der Waals surface area contributed by atoms with Crippen molar-refractivity contribution < 1.29 is 4.42 Å². The fourth-order valence-corrected chi connectivity index (χ4v) is 2.20. The minimum atomic E-state index is 0.392. The van der Waals surface area contributed by atoms with Crippen molar-refractivity contribution in [3.05, 3.63) is 17.3 Å². The molecule has 3 nitrogen and oxygen atoms in total. The van der Waals surface area contributed by atoms with E-state index in [1.807, 2.05) is 0 Å². The highest BCUT2D eigenvalue weighted by molar-refractivity contribution is 5.15. The number of fused-ring (bicyclic) bond motifs is 1. The van der Waals surface area contributed by atoms with Crippen molar-refractivity contribution >= 4 is 0 Å². The van der Waals surface area contributed by atoms with E-state index in [4.69, 9.17) is 10.2 Å². The van der Waals surface area contributed by atoms with Crippen LogP contribution in [0.15, 0.2) is 4.42 Å². The van der Waals surface area contributed by atoms with Crippen molar-refractivity contribution in [2.24, 2.45) is 11.7 Å². The lowest BCUT2D eigenvalue weighted by Gasteiger charge is -2.18. The van der Waals surface area contributed by atoms with E-state index in [1.165, 1.54) is 12.1 Å². The topological polar surface area (TPSA) is 52.0 Å². The molecule has 1 atom stereocenters. The average Bonchev–Trinajstić information content (AvgIpc) is 2.61. The van der Waals surface area contributed by atoms with Gasteiger partial charge in [0.1, 0.15) is 5.76 Å². The maximum absolute atomic E-state index is 5.75. The van der Waals surface area contributed by atoms with Crippen LogP contribution in [0.4, 0.5) is 0 Å². The number of rotatable bonds is 3. The molecule has 3 heteroatoms. The normalized spacial score (nSPS) is 20.7. The van der Waals surface area contributed by atoms with Crippen LogP contribution in [0.5, 0.6) is 0 Å². The molecule has 1 aromatic rings. The molecule has 1 aliphatic rings. The summed E-state index contributed by atoms with van der Waals surface area (Å²) in [6.07, 6.45) is 4.42. The lowest BCUT2D eigenvalue weighted by molar-refractivity contribution is 0.375. The fraction of sp³-hybridized carbons (Fsp3) is 0.750. The van der Waals surface area contributed by atoms with E-state index in [0.717, 1.165) is 37.5 Å².